The van der Waals surface area contributed by atoms with E-state index >= 15 is 0 Å². The van der Waals surface area contributed by atoms with Crippen LogP contribution in [0.25, 0.3) is 0 Å². The van der Waals surface area contributed by atoms with Gasteiger partial charge in [0.05, 0.1) is 0 Å². The summed E-state index contributed by atoms with van der Waals surface area (Å²) in [7, 11) is 0. The van der Waals surface area contributed by atoms with Gasteiger partial charge in [0, 0.05) is 19.6 Å². The maximum atomic E-state index is 10.3. The summed E-state index contributed by atoms with van der Waals surface area (Å²) in [6.07, 6.45) is 7.66. The molecule has 0 saturated carbocycles. The van der Waals surface area contributed by atoms with Gasteiger partial charge in [-0.2, -0.15) is 0 Å². The molecule has 0 aromatic heterocycles. The summed E-state index contributed by atoms with van der Waals surface area (Å²) in [5, 5.41) is 0. The van der Waals surface area contributed by atoms with Gasteiger partial charge in [-0.3, -0.25) is 0 Å². The lowest BCUT2D eigenvalue weighted by Gasteiger charge is -2.11. The van der Waals surface area contributed by atoms with E-state index in [0.717, 1.165) is 32.3 Å². The molecule has 0 fully saturated rings. The third-order valence-electron chi connectivity index (χ3n) is 2.50. The monoisotopic (exact) mass is 200 g/mol. The Morgan fingerprint density at radius 1 is 1.21 bits per heavy atom. The lowest BCUT2D eigenvalue weighted by Crippen LogP contribution is -2.10. The van der Waals surface area contributed by atoms with Gasteiger partial charge in [-0.05, 0) is 12.3 Å². The topological polar surface area (TPSA) is 26.3 Å². The summed E-state index contributed by atoms with van der Waals surface area (Å²) in [6, 6.07) is 0. The summed E-state index contributed by atoms with van der Waals surface area (Å²) in [4.78, 5) is 10.3. The fourth-order valence-electron chi connectivity index (χ4n) is 1.37. The van der Waals surface area contributed by atoms with Crippen LogP contribution in [0.2, 0.25) is 0 Å². The van der Waals surface area contributed by atoms with Crippen LogP contribution < -0.4 is 0 Å². The van der Waals surface area contributed by atoms with Crippen molar-refractivity contribution < 1.29 is 9.53 Å². The van der Waals surface area contributed by atoms with Crippen LogP contribution >= 0.6 is 0 Å². The molecule has 0 rings (SSSR count). The van der Waals surface area contributed by atoms with E-state index in [9.17, 15) is 4.79 Å². The number of ether oxygens (including phenoxy) is 1. The minimum Gasteiger partial charge on any atom is -0.381 e. The molecular weight excluding hydrogens is 176 g/mol. The molecule has 2 nitrogen and oxygen atoms in total. The molecule has 0 heterocycles. The Hall–Kier alpha value is -0.370. The highest BCUT2D eigenvalue weighted by Gasteiger charge is 2.04. The maximum absolute atomic E-state index is 10.3. The Kier molecular flexibility index (Phi) is 10.4. The summed E-state index contributed by atoms with van der Waals surface area (Å²) in [5.41, 5.74) is 0. The predicted molar refractivity (Wildman–Crippen MR) is 59.4 cm³/mol. The lowest BCUT2D eigenvalue weighted by atomic mass is 10.1. The molecule has 0 aliphatic heterocycles. The average Bonchev–Trinajstić information content (AvgIpc) is 2.21. The van der Waals surface area contributed by atoms with Gasteiger partial charge in [0.2, 0.25) is 0 Å². The molecule has 0 aliphatic carbocycles. The molecule has 0 spiro atoms. The number of carbonyl (C=O) groups excluding carboxylic acids is 1. The summed E-state index contributed by atoms with van der Waals surface area (Å²) < 4.78 is 5.53. The minimum atomic E-state index is 0.429. The fourth-order valence-corrected chi connectivity index (χ4v) is 1.37. The van der Waals surface area contributed by atoms with E-state index in [1.807, 2.05) is 0 Å². The molecule has 0 amide bonds. The van der Waals surface area contributed by atoms with Crippen molar-refractivity contribution in [2.75, 3.05) is 13.2 Å². The van der Waals surface area contributed by atoms with Gasteiger partial charge in [0.15, 0.2) is 0 Å². The van der Waals surface area contributed by atoms with Crippen molar-refractivity contribution in [1.29, 1.82) is 0 Å². The molecule has 0 aromatic rings. The highest BCUT2D eigenvalue weighted by molar-refractivity contribution is 5.49. The Morgan fingerprint density at radius 3 is 2.57 bits per heavy atom. The van der Waals surface area contributed by atoms with Crippen LogP contribution in [-0.4, -0.2) is 19.5 Å². The second kappa shape index (κ2) is 10.7. The Bertz CT molecular complexity index is 123. The summed E-state index contributed by atoms with van der Waals surface area (Å²) in [5.74, 6) is 0.429. The summed E-state index contributed by atoms with van der Waals surface area (Å²) >= 11 is 0. The van der Waals surface area contributed by atoms with Crippen LogP contribution in [0.5, 0.6) is 0 Å². The van der Waals surface area contributed by atoms with Gasteiger partial charge in [0.1, 0.15) is 6.29 Å². The lowest BCUT2D eigenvalue weighted by molar-refractivity contribution is -0.109. The van der Waals surface area contributed by atoms with Crippen molar-refractivity contribution in [1.82, 2.24) is 0 Å². The molecule has 0 aliphatic rings. The van der Waals surface area contributed by atoms with E-state index in [2.05, 4.69) is 13.8 Å². The first-order valence-corrected chi connectivity index (χ1v) is 5.86. The number of hydrogen-bond acceptors (Lipinski definition) is 2. The van der Waals surface area contributed by atoms with Gasteiger partial charge >= 0.3 is 0 Å². The van der Waals surface area contributed by atoms with Gasteiger partial charge in [0.25, 0.3) is 0 Å². The van der Waals surface area contributed by atoms with E-state index in [4.69, 9.17) is 4.74 Å². The molecular formula is C12H24O2. The van der Waals surface area contributed by atoms with Crippen LogP contribution in [0.3, 0.4) is 0 Å². The van der Waals surface area contributed by atoms with E-state index in [1.54, 1.807) is 0 Å². The highest BCUT2D eigenvalue weighted by atomic mass is 16.5. The molecule has 0 bridgehead atoms. The first-order valence-electron chi connectivity index (χ1n) is 5.86. The van der Waals surface area contributed by atoms with Gasteiger partial charge in [-0.1, -0.05) is 39.5 Å². The molecule has 0 N–H and O–H groups in total. The number of carbonyl (C=O) groups is 1. The number of unbranched alkanes of at least 4 members (excludes halogenated alkanes) is 3. The van der Waals surface area contributed by atoms with E-state index < -0.39 is 0 Å². The number of hydrogen-bond donors (Lipinski definition) is 0. The van der Waals surface area contributed by atoms with Crippen LogP contribution in [-0.2, 0) is 9.53 Å². The van der Waals surface area contributed by atoms with Crippen LogP contribution in [0.1, 0.15) is 52.4 Å². The number of rotatable bonds is 10. The first-order chi connectivity index (χ1) is 6.85. The summed E-state index contributed by atoms with van der Waals surface area (Å²) in [6.45, 7) is 5.92. The minimum absolute atomic E-state index is 0.429. The largest absolute Gasteiger partial charge is 0.381 e. The fraction of sp³-hybridized carbons (Fsp3) is 0.917. The van der Waals surface area contributed by atoms with E-state index in [0.29, 0.717) is 12.3 Å². The Balaban J connectivity index is 3.19. The van der Waals surface area contributed by atoms with Crippen molar-refractivity contribution in [3.05, 3.63) is 0 Å². The van der Waals surface area contributed by atoms with Crippen molar-refractivity contribution >= 4 is 6.29 Å². The van der Waals surface area contributed by atoms with Crippen molar-refractivity contribution in [2.45, 2.75) is 52.4 Å². The van der Waals surface area contributed by atoms with Crippen LogP contribution in [0.4, 0.5) is 0 Å². The van der Waals surface area contributed by atoms with Crippen molar-refractivity contribution in [2.24, 2.45) is 5.92 Å². The zero-order valence-electron chi connectivity index (χ0n) is 9.63. The molecule has 0 aromatic carbocycles. The molecule has 14 heavy (non-hydrogen) atoms. The van der Waals surface area contributed by atoms with Crippen LogP contribution in [0.15, 0.2) is 0 Å². The normalized spacial score (nSPS) is 12.7. The molecule has 84 valence electrons. The number of aldehydes is 1. The Morgan fingerprint density at radius 2 is 2.00 bits per heavy atom. The van der Waals surface area contributed by atoms with Gasteiger partial charge < -0.3 is 9.53 Å². The van der Waals surface area contributed by atoms with E-state index in [-0.39, 0.29) is 0 Å². The zero-order chi connectivity index (χ0) is 10.6. The van der Waals surface area contributed by atoms with Crippen molar-refractivity contribution in [3.63, 3.8) is 0 Å². The molecule has 0 saturated heterocycles. The SMILES string of the molecule is CCCCCCOCC(CC)CC=O. The highest BCUT2D eigenvalue weighted by Crippen LogP contribution is 2.07. The molecule has 2 heteroatoms. The van der Waals surface area contributed by atoms with Crippen LogP contribution in [0, 0.1) is 5.92 Å². The predicted octanol–water partition coefficient (Wildman–Crippen LogP) is 3.20. The standard InChI is InChI=1S/C12H24O2/c1-3-5-6-7-10-14-11-12(4-2)8-9-13/h9,12H,3-8,10-11H2,1-2H3. The third kappa shape index (κ3) is 8.24. The molecule has 1 unspecified atom stereocenters. The smallest absolute Gasteiger partial charge is 0.120 e. The molecule has 1 atom stereocenters. The van der Waals surface area contributed by atoms with Gasteiger partial charge in [-0.15, -0.1) is 0 Å². The quantitative estimate of drug-likeness (QED) is 0.400. The molecule has 0 radical (unpaired) electrons. The Labute approximate surface area is 88.0 Å². The zero-order valence-corrected chi connectivity index (χ0v) is 9.63. The second-order valence-corrected chi connectivity index (χ2v) is 3.81. The third-order valence-corrected chi connectivity index (χ3v) is 2.50. The van der Waals surface area contributed by atoms with Gasteiger partial charge in [-0.25, -0.2) is 0 Å². The second-order valence-electron chi connectivity index (χ2n) is 3.81. The van der Waals surface area contributed by atoms with E-state index in [1.165, 1.54) is 19.3 Å². The van der Waals surface area contributed by atoms with Crippen molar-refractivity contribution in [3.8, 4) is 0 Å². The maximum Gasteiger partial charge on any atom is 0.120 e. The average molecular weight is 200 g/mol. The first kappa shape index (κ1) is 13.6.